The highest BCUT2D eigenvalue weighted by molar-refractivity contribution is 6.38. The van der Waals surface area contributed by atoms with Gasteiger partial charge in [-0.05, 0) is 17.7 Å². The van der Waals surface area contributed by atoms with Gasteiger partial charge in [-0.2, -0.15) is 13.2 Å². The first-order valence-electron chi connectivity index (χ1n) is 6.49. The number of alkyl halides is 3. The number of hydrogen-bond acceptors (Lipinski definition) is 3. The van der Waals surface area contributed by atoms with Crippen molar-refractivity contribution < 1.29 is 13.2 Å². The predicted octanol–water partition coefficient (Wildman–Crippen LogP) is 3.26. The summed E-state index contributed by atoms with van der Waals surface area (Å²) in [4.78, 5) is 3.49. The van der Waals surface area contributed by atoms with E-state index in [0.29, 0.717) is 48.5 Å². The maximum absolute atomic E-state index is 12.3. The van der Waals surface area contributed by atoms with Crippen molar-refractivity contribution >= 4 is 28.9 Å². The lowest BCUT2D eigenvalue weighted by Gasteiger charge is -2.35. The molecule has 1 aromatic carbocycles. The highest BCUT2D eigenvalue weighted by Gasteiger charge is 2.32. The first-order valence-corrected chi connectivity index (χ1v) is 7.25. The number of halogens is 5. The quantitative estimate of drug-likeness (QED) is 0.856. The van der Waals surface area contributed by atoms with Crippen molar-refractivity contribution in [1.82, 2.24) is 9.80 Å². The summed E-state index contributed by atoms with van der Waals surface area (Å²) in [5.41, 5.74) is 6.92. The Labute approximate surface area is 131 Å². The van der Waals surface area contributed by atoms with Crippen LogP contribution in [0.15, 0.2) is 12.1 Å². The van der Waals surface area contributed by atoms with Crippen LogP contribution in [-0.2, 0) is 6.54 Å². The van der Waals surface area contributed by atoms with Gasteiger partial charge in [0.25, 0.3) is 0 Å². The monoisotopic (exact) mass is 341 g/mol. The topological polar surface area (TPSA) is 32.5 Å². The minimum Gasteiger partial charge on any atom is -0.396 e. The lowest BCUT2D eigenvalue weighted by Crippen LogP contribution is -2.48. The number of rotatable bonds is 3. The summed E-state index contributed by atoms with van der Waals surface area (Å²) in [5.74, 6) is 0. The average Bonchev–Trinajstić information content (AvgIpc) is 2.36. The molecule has 0 unspecified atom stereocenters. The van der Waals surface area contributed by atoms with Crippen LogP contribution in [0.5, 0.6) is 0 Å². The van der Waals surface area contributed by atoms with E-state index in [1.54, 1.807) is 12.1 Å². The van der Waals surface area contributed by atoms with Crippen LogP contribution in [0, 0.1) is 0 Å². The number of hydrogen-bond donors (Lipinski definition) is 1. The highest BCUT2D eigenvalue weighted by Crippen LogP contribution is 2.29. The second-order valence-corrected chi connectivity index (χ2v) is 5.96. The first-order chi connectivity index (χ1) is 9.74. The van der Waals surface area contributed by atoms with Gasteiger partial charge in [0, 0.05) is 32.7 Å². The van der Waals surface area contributed by atoms with E-state index < -0.39 is 12.7 Å². The van der Waals surface area contributed by atoms with Crippen molar-refractivity contribution in [3.05, 3.63) is 27.7 Å². The van der Waals surface area contributed by atoms with Crippen LogP contribution in [0.2, 0.25) is 10.0 Å². The maximum atomic E-state index is 12.3. The zero-order valence-electron chi connectivity index (χ0n) is 11.3. The number of nitrogen functional groups attached to an aromatic ring is 1. The molecule has 1 aliphatic heterocycles. The zero-order chi connectivity index (χ0) is 15.6. The lowest BCUT2D eigenvalue weighted by atomic mass is 10.1. The van der Waals surface area contributed by atoms with Gasteiger partial charge in [-0.3, -0.25) is 9.80 Å². The van der Waals surface area contributed by atoms with Crippen molar-refractivity contribution in [2.45, 2.75) is 12.7 Å². The van der Waals surface area contributed by atoms with E-state index in [2.05, 4.69) is 4.90 Å². The number of benzene rings is 1. The number of nitrogens with zero attached hydrogens (tertiary/aromatic N) is 2. The Morgan fingerprint density at radius 1 is 1.00 bits per heavy atom. The predicted molar refractivity (Wildman–Crippen MR) is 78.6 cm³/mol. The van der Waals surface area contributed by atoms with E-state index in [4.69, 9.17) is 28.9 Å². The molecular weight excluding hydrogens is 326 g/mol. The molecule has 2 rings (SSSR count). The molecule has 1 aromatic rings. The van der Waals surface area contributed by atoms with Gasteiger partial charge in [0.2, 0.25) is 0 Å². The first kappa shape index (κ1) is 16.7. The molecule has 1 fully saturated rings. The Morgan fingerprint density at radius 2 is 1.48 bits per heavy atom. The lowest BCUT2D eigenvalue weighted by molar-refractivity contribution is -0.149. The summed E-state index contributed by atoms with van der Waals surface area (Å²) in [7, 11) is 0. The maximum Gasteiger partial charge on any atom is 0.401 e. The summed E-state index contributed by atoms with van der Waals surface area (Å²) in [6, 6.07) is 3.48. The summed E-state index contributed by atoms with van der Waals surface area (Å²) in [6.45, 7) is 1.71. The SMILES string of the molecule is Nc1c(Cl)cc(CN2CCN(CC(F)(F)F)CC2)cc1Cl. The van der Waals surface area contributed by atoms with Gasteiger partial charge in [0.1, 0.15) is 0 Å². The van der Waals surface area contributed by atoms with E-state index >= 15 is 0 Å². The van der Waals surface area contributed by atoms with Crippen molar-refractivity contribution in [2.24, 2.45) is 0 Å². The molecule has 8 heteroatoms. The van der Waals surface area contributed by atoms with Gasteiger partial charge >= 0.3 is 6.18 Å². The molecule has 0 amide bonds. The molecule has 1 aliphatic rings. The van der Waals surface area contributed by atoms with Crippen LogP contribution in [0.3, 0.4) is 0 Å². The Kier molecular flexibility index (Phi) is 5.24. The Hall–Kier alpha value is -0.690. The van der Waals surface area contributed by atoms with Crippen molar-refractivity contribution in [3.8, 4) is 0 Å². The fraction of sp³-hybridized carbons (Fsp3) is 0.538. The van der Waals surface area contributed by atoms with E-state index in [0.717, 1.165) is 5.56 Å². The molecule has 0 atom stereocenters. The Bertz CT molecular complexity index is 477. The standard InChI is InChI=1S/C13H16Cl2F3N3/c14-10-5-9(6-11(15)12(10)19)7-20-1-3-21(4-2-20)8-13(16,17)18/h5-6H,1-4,7-8,19H2. The Balaban J connectivity index is 1.89. The molecule has 1 saturated heterocycles. The summed E-state index contributed by atoms with van der Waals surface area (Å²) in [5, 5.41) is 0.793. The molecular formula is C13H16Cl2F3N3. The molecule has 0 radical (unpaired) electrons. The van der Waals surface area contributed by atoms with Gasteiger partial charge in [0.15, 0.2) is 0 Å². The molecule has 118 valence electrons. The third kappa shape index (κ3) is 4.92. The van der Waals surface area contributed by atoms with E-state index in [1.165, 1.54) is 4.90 Å². The molecule has 1 heterocycles. The summed E-state index contributed by atoms with van der Waals surface area (Å²) >= 11 is 11.9. The van der Waals surface area contributed by atoms with Crippen LogP contribution in [0.4, 0.5) is 18.9 Å². The van der Waals surface area contributed by atoms with Crippen molar-refractivity contribution in [3.63, 3.8) is 0 Å². The third-order valence-electron chi connectivity index (χ3n) is 3.41. The van der Waals surface area contributed by atoms with Gasteiger partial charge < -0.3 is 5.73 Å². The zero-order valence-corrected chi connectivity index (χ0v) is 12.8. The number of nitrogens with two attached hydrogens (primary N) is 1. The van der Waals surface area contributed by atoms with Crippen LogP contribution in [-0.4, -0.2) is 48.7 Å². The van der Waals surface area contributed by atoms with E-state index in [1.807, 2.05) is 0 Å². The fourth-order valence-corrected chi connectivity index (χ4v) is 2.88. The fourth-order valence-electron chi connectivity index (χ4n) is 2.35. The molecule has 3 nitrogen and oxygen atoms in total. The normalized spacial score (nSPS) is 18.1. The van der Waals surface area contributed by atoms with Gasteiger partial charge in [-0.15, -0.1) is 0 Å². The summed E-state index contributed by atoms with van der Waals surface area (Å²) < 4.78 is 36.9. The molecule has 2 N–H and O–H groups in total. The molecule has 0 aromatic heterocycles. The molecule has 0 spiro atoms. The van der Waals surface area contributed by atoms with Gasteiger partial charge in [-0.25, -0.2) is 0 Å². The van der Waals surface area contributed by atoms with E-state index in [9.17, 15) is 13.2 Å². The second kappa shape index (κ2) is 6.60. The van der Waals surface area contributed by atoms with Crippen LogP contribution < -0.4 is 5.73 Å². The number of piperazine rings is 1. The van der Waals surface area contributed by atoms with Crippen LogP contribution >= 0.6 is 23.2 Å². The van der Waals surface area contributed by atoms with Crippen molar-refractivity contribution in [1.29, 1.82) is 0 Å². The third-order valence-corrected chi connectivity index (χ3v) is 4.04. The minimum atomic E-state index is -4.14. The summed E-state index contributed by atoms with van der Waals surface area (Å²) in [6.07, 6.45) is -4.14. The van der Waals surface area contributed by atoms with E-state index in [-0.39, 0.29) is 0 Å². The van der Waals surface area contributed by atoms with Crippen LogP contribution in [0.25, 0.3) is 0 Å². The second-order valence-electron chi connectivity index (χ2n) is 5.14. The number of anilines is 1. The molecule has 0 bridgehead atoms. The van der Waals surface area contributed by atoms with Gasteiger partial charge in [-0.1, -0.05) is 23.2 Å². The molecule has 0 saturated carbocycles. The van der Waals surface area contributed by atoms with Gasteiger partial charge in [0.05, 0.1) is 22.3 Å². The smallest absolute Gasteiger partial charge is 0.396 e. The Morgan fingerprint density at radius 3 is 1.95 bits per heavy atom. The minimum absolute atomic E-state index is 0.345. The average molecular weight is 342 g/mol. The molecule has 0 aliphatic carbocycles. The largest absolute Gasteiger partial charge is 0.401 e. The highest BCUT2D eigenvalue weighted by atomic mass is 35.5. The van der Waals surface area contributed by atoms with Crippen LogP contribution in [0.1, 0.15) is 5.56 Å². The van der Waals surface area contributed by atoms with Crippen molar-refractivity contribution in [2.75, 3.05) is 38.5 Å². The molecule has 21 heavy (non-hydrogen) atoms.